The van der Waals surface area contributed by atoms with E-state index in [4.69, 9.17) is 36.7 Å². The van der Waals surface area contributed by atoms with E-state index < -0.39 is 23.9 Å². The van der Waals surface area contributed by atoms with Crippen LogP contribution in [0, 0.1) is 17.7 Å². The summed E-state index contributed by atoms with van der Waals surface area (Å²) in [5.74, 6) is 0.440. The van der Waals surface area contributed by atoms with Crippen molar-refractivity contribution in [2.75, 3.05) is 32.6 Å². The first-order chi connectivity index (χ1) is 16.3. The van der Waals surface area contributed by atoms with Crippen LogP contribution >= 0.6 is 18.9 Å². The zero-order valence-corrected chi connectivity index (χ0v) is 21.4. The van der Waals surface area contributed by atoms with Gasteiger partial charge in [0.2, 0.25) is 0 Å². The molecule has 0 saturated heterocycles. The van der Waals surface area contributed by atoms with Crippen LogP contribution in [0.5, 0.6) is 11.5 Å². The lowest BCUT2D eigenvalue weighted by molar-refractivity contribution is -0.193. The first kappa shape index (κ1) is 28.6. The normalized spacial score (nSPS) is 13.2. The number of rotatable bonds is 14. The van der Waals surface area contributed by atoms with Crippen molar-refractivity contribution >= 4 is 51.0 Å². The molecule has 1 atom stereocenters. The van der Waals surface area contributed by atoms with Gasteiger partial charge in [-0.2, -0.15) is 0 Å². The summed E-state index contributed by atoms with van der Waals surface area (Å²) in [6, 6.07) is 3.28. The quantitative estimate of drug-likeness (QED) is 0.0649. The van der Waals surface area contributed by atoms with Crippen LogP contribution in [0.25, 0.3) is 10.1 Å². The second-order valence-corrected chi connectivity index (χ2v) is 11.9. The molecule has 10 N–H and O–H groups in total. The second kappa shape index (κ2) is 12.4. The Bertz CT molecular complexity index is 1220. The number of sulfonamides is 1. The van der Waals surface area contributed by atoms with Crippen molar-refractivity contribution in [2.45, 2.75) is 24.0 Å². The highest BCUT2D eigenvalue weighted by Crippen LogP contribution is 2.41. The maximum atomic E-state index is 12.6. The van der Waals surface area contributed by atoms with Crippen LogP contribution in [0.3, 0.4) is 0 Å². The number of nitrogens with one attached hydrogen (secondary N) is 5. The van der Waals surface area contributed by atoms with Gasteiger partial charge >= 0.3 is 1.43 Å². The molecule has 0 saturated carbocycles. The van der Waals surface area contributed by atoms with Crippen molar-refractivity contribution in [3.05, 3.63) is 17.7 Å². The fourth-order valence-electron chi connectivity index (χ4n) is 2.87. The predicted molar refractivity (Wildman–Crippen MR) is 133 cm³/mol. The third kappa shape index (κ3) is 9.16. The summed E-state index contributed by atoms with van der Waals surface area (Å²) in [6.07, 6.45) is -0.0560. The number of thiophene rings is 1. The highest BCUT2D eigenvalue weighted by atomic mass is 32.2. The lowest BCUT2D eigenvalue weighted by Gasteiger charge is -2.15. The molecule has 1 heterocycles. The minimum Gasteiger partial charge on any atom is -0.778 e. The van der Waals surface area contributed by atoms with E-state index in [1.165, 1.54) is 0 Å². The Balaban J connectivity index is 0.00000648. The summed E-state index contributed by atoms with van der Waals surface area (Å²) < 4.78 is 50.3. The van der Waals surface area contributed by atoms with Crippen LogP contribution in [-0.2, 0) is 14.6 Å². The SMILES string of the molecule is Cc1c(S(=O)(=O)NCP(=O)([O-])O)sc2cc(OCCCNC(=N)N)c(OCCCNC(=N)N)cc12.[H+]. The fourth-order valence-corrected chi connectivity index (χ4v) is 6.69. The Kier molecular flexibility index (Phi) is 10.1. The van der Waals surface area contributed by atoms with E-state index in [0.717, 1.165) is 11.3 Å². The van der Waals surface area contributed by atoms with Gasteiger partial charge in [-0.25, -0.2) is 13.1 Å². The molecular weight excluding hydrogens is 521 g/mol. The van der Waals surface area contributed by atoms with E-state index in [1.54, 1.807) is 19.1 Å². The molecule has 0 fully saturated rings. The standard InChI is InChI=1S/C18H30N7O7PS2/c1-11-12-8-13(31-6-2-4-23-17(19)20)14(32-7-3-5-24-18(21)22)9-15(12)34-16(11)35(29,30)25-10-33(26,27)28/h8-9,25H,2-7,10H2,1H3,(H4,19,20,23)(H4,21,22,24)(H2,26,27,28). The molecule has 0 amide bonds. The van der Waals surface area contributed by atoms with E-state index in [1.807, 2.05) is 4.72 Å². The van der Waals surface area contributed by atoms with Gasteiger partial charge in [0.1, 0.15) is 11.8 Å². The van der Waals surface area contributed by atoms with Crippen LogP contribution in [-0.4, -0.2) is 57.8 Å². The topological polar surface area (TPSA) is 249 Å². The van der Waals surface area contributed by atoms with Crippen LogP contribution in [0.4, 0.5) is 0 Å². The third-order valence-corrected chi connectivity index (χ3v) is 8.49. The van der Waals surface area contributed by atoms with Gasteiger partial charge in [-0.3, -0.25) is 10.8 Å². The number of aryl methyl sites for hydroxylation is 1. The number of ether oxygens (including phenoxy) is 2. The van der Waals surface area contributed by atoms with Crippen molar-refractivity contribution in [1.29, 1.82) is 10.8 Å². The largest absolute Gasteiger partial charge is 1.00 e. The average Bonchev–Trinajstić information content (AvgIpc) is 3.07. The Morgan fingerprint density at radius 3 is 2.14 bits per heavy atom. The maximum absolute atomic E-state index is 12.6. The van der Waals surface area contributed by atoms with E-state index in [-0.39, 0.29) is 30.8 Å². The molecule has 0 aliphatic heterocycles. The van der Waals surface area contributed by atoms with E-state index in [9.17, 15) is 17.9 Å². The van der Waals surface area contributed by atoms with Crippen LogP contribution < -0.4 is 41.2 Å². The van der Waals surface area contributed by atoms with Gasteiger partial charge in [0.15, 0.2) is 23.4 Å². The number of nitrogens with two attached hydrogens (primary N) is 2. The van der Waals surface area contributed by atoms with Gasteiger partial charge in [0.05, 0.1) is 19.5 Å². The Hall–Kier alpha value is -2.62. The van der Waals surface area contributed by atoms with Crippen molar-refractivity contribution < 1.29 is 33.7 Å². The molecule has 1 unspecified atom stereocenters. The van der Waals surface area contributed by atoms with Crippen LogP contribution in [0.1, 0.15) is 19.8 Å². The number of guanidine groups is 2. The summed E-state index contributed by atoms with van der Waals surface area (Å²) in [6.45, 7) is 2.95. The zero-order valence-electron chi connectivity index (χ0n) is 19.9. The van der Waals surface area contributed by atoms with Gasteiger partial charge in [-0.15, -0.1) is 11.3 Å². The molecule has 1 aromatic carbocycles. The molecule has 17 heteroatoms. The van der Waals surface area contributed by atoms with Gasteiger partial charge in [0, 0.05) is 29.2 Å². The smallest absolute Gasteiger partial charge is 0.778 e. The Morgan fingerprint density at radius 2 is 1.66 bits per heavy atom. The average molecular weight is 552 g/mol. The molecule has 2 rings (SSSR count). The van der Waals surface area contributed by atoms with Crippen molar-refractivity contribution in [1.82, 2.24) is 15.4 Å². The van der Waals surface area contributed by atoms with Crippen molar-refractivity contribution in [3.63, 3.8) is 0 Å². The maximum Gasteiger partial charge on any atom is 1.00 e. The minimum absolute atomic E-state index is 0. The molecule has 0 aliphatic rings. The fraction of sp³-hybridized carbons (Fsp3) is 0.444. The molecule has 14 nitrogen and oxygen atoms in total. The third-order valence-electron chi connectivity index (χ3n) is 4.45. The molecule has 196 valence electrons. The minimum atomic E-state index is -4.83. The number of hydrogen-bond acceptors (Lipinski definition) is 9. The van der Waals surface area contributed by atoms with E-state index in [0.29, 0.717) is 53.1 Å². The van der Waals surface area contributed by atoms with Crippen molar-refractivity contribution in [2.24, 2.45) is 11.5 Å². The number of hydrogen-bond donors (Lipinski definition) is 8. The molecule has 0 spiro atoms. The molecule has 0 radical (unpaired) electrons. The zero-order chi connectivity index (χ0) is 26.2. The van der Waals surface area contributed by atoms with E-state index >= 15 is 0 Å². The van der Waals surface area contributed by atoms with Gasteiger partial charge in [-0.05, 0) is 31.4 Å². The molecule has 0 aliphatic carbocycles. The summed E-state index contributed by atoms with van der Waals surface area (Å²) in [5.41, 5.74) is 10.9. The summed E-state index contributed by atoms with van der Waals surface area (Å²) in [4.78, 5) is 19.9. The Labute approximate surface area is 208 Å². The summed E-state index contributed by atoms with van der Waals surface area (Å²) in [7, 11) is -9.03. The lowest BCUT2D eigenvalue weighted by Crippen LogP contribution is -2.31. The van der Waals surface area contributed by atoms with Crippen molar-refractivity contribution in [3.8, 4) is 11.5 Å². The summed E-state index contributed by atoms with van der Waals surface area (Å²) in [5, 5.41) is 20.3. The van der Waals surface area contributed by atoms with Gasteiger partial charge < -0.3 is 45.9 Å². The van der Waals surface area contributed by atoms with Gasteiger partial charge in [0.25, 0.3) is 10.0 Å². The molecule has 1 aromatic heterocycles. The lowest BCUT2D eigenvalue weighted by atomic mass is 10.2. The van der Waals surface area contributed by atoms with E-state index in [2.05, 4.69) is 10.6 Å². The number of benzene rings is 1. The molecular formula is C18H30N7O7PS2. The molecule has 35 heavy (non-hydrogen) atoms. The highest BCUT2D eigenvalue weighted by Gasteiger charge is 2.24. The summed E-state index contributed by atoms with van der Waals surface area (Å²) >= 11 is 0.923. The molecule has 0 bridgehead atoms. The monoisotopic (exact) mass is 551 g/mol. The highest BCUT2D eigenvalue weighted by molar-refractivity contribution is 7.92. The first-order valence-corrected chi connectivity index (χ1v) is 14.4. The van der Waals surface area contributed by atoms with Gasteiger partial charge in [-0.1, -0.05) is 0 Å². The van der Waals surface area contributed by atoms with Crippen LogP contribution in [0.15, 0.2) is 16.3 Å². The predicted octanol–water partition coefficient (Wildman–Crippen LogP) is -0.392. The second-order valence-electron chi connectivity index (χ2n) is 7.34. The Morgan fingerprint density at radius 1 is 1.14 bits per heavy atom. The molecule has 2 aromatic rings. The van der Waals surface area contributed by atoms with Crippen LogP contribution in [0.2, 0.25) is 0 Å². The first-order valence-electron chi connectivity index (χ1n) is 10.3. The number of fused-ring (bicyclic) bond motifs is 1.